The fourth-order valence-corrected chi connectivity index (χ4v) is 2.95. The van der Waals surface area contributed by atoms with Crippen molar-refractivity contribution in [3.8, 4) is 0 Å². The highest BCUT2D eigenvalue weighted by Crippen LogP contribution is 2.23. The first-order valence-corrected chi connectivity index (χ1v) is 7.42. The van der Waals surface area contributed by atoms with Gasteiger partial charge in [-0.25, -0.2) is 21.9 Å². The van der Waals surface area contributed by atoms with Gasteiger partial charge in [-0.05, 0) is 24.0 Å². The van der Waals surface area contributed by atoms with Crippen LogP contribution in [0, 0.1) is 17.0 Å². The molecule has 0 aromatic heterocycles. The van der Waals surface area contributed by atoms with Gasteiger partial charge in [0.15, 0.2) is 4.90 Å². The monoisotopic (exact) mass is 308 g/mol. The Labute approximate surface area is 116 Å². The zero-order chi connectivity index (χ0) is 15.6. The molecule has 0 saturated heterocycles. The van der Waals surface area contributed by atoms with Crippen LogP contribution in [-0.2, 0) is 10.0 Å². The van der Waals surface area contributed by atoms with Crippen LogP contribution in [-0.4, -0.2) is 26.7 Å². The van der Waals surface area contributed by atoms with E-state index in [-0.39, 0.29) is 18.8 Å². The summed E-state index contributed by atoms with van der Waals surface area (Å²) in [5, 5.41) is 8.86. The number of nitrogen functional groups attached to an aromatic ring is 1. The maximum Gasteiger partial charge on any atom is 0.246 e. The van der Waals surface area contributed by atoms with Gasteiger partial charge in [0.1, 0.15) is 11.6 Å². The van der Waals surface area contributed by atoms with Crippen molar-refractivity contribution in [1.82, 2.24) is 4.72 Å². The van der Waals surface area contributed by atoms with Crippen LogP contribution in [0.4, 0.5) is 14.5 Å². The predicted molar refractivity (Wildman–Crippen MR) is 71.4 cm³/mol. The SMILES string of the molecule is CC(C)(CCO)CNS(=O)(=O)c1c(F)cc(N)cc1F. The second-order valence-electron chi connectivity index (χ2n) is 5.28. The number of nitrogens with one attached hydrogen (secondary N) is 1. The lowest BCUT2D eigenvalue weighted by Gasteiger charge is -2.23. The predicted octanol–water partition coefficient (Wildman–Crippen LogP) is 1.23. The van der Waals surface area contributed by atoms with Gasteiger partial charge in [-0.3, -0.25) is 0 Å². The highest BCUT2D eigenvalue weighted by molar-refractivity contribution is 7.89. The molecule has 0 spiro atoms. The van der Waals surface area contributed by atoms with E-state index in [4.69, 9.17) is 10.8 Å². The van der Waals surface area contributed by atoms with Gasteiger partial charge in [0.05, 0.1) is 0 Å². The summed E-state index contributed by atoms with van der Waals surface area (Å²) in [5.41, 5.74) is 4.50. The molecule has 5 nitrogen and oxygen atoms in total. The number of aliphatic hydroxyl groups is 1. The minimum absolute atomic E-state index is 0.0564. The first kappa shape index (κ1) is 16.8. The molecule has 114 valence electrons. The van der Waals surface area contributed by atoms with Crippen molar-refractivity contribution < 1.29 is 22.3 Å². The number of aliphatic hydroxyl groups excluding tert-OH is 1. The van der Waals surface area contributed by atoms with Gasteiger partial charge < -0.3 is 10.8 Å². The van der Waals surface area contributed by atoms with Gasteiger partial charge in [0.25, 0.3) is 0 Å². The zero-order valence-electron chi connectivity index (χ0n) is 11.3. The molecule has 0 atom stereocenters. The Kier molecular flexibility index (Phi) is 5.06. The molecule has 0 unspecified atom stereocenters. The van der Waals surface area contributed by atoms with Crippen molar-refractivity contribution >= 4 is 15.7 Å². The number of anilines is 1. The molecule has 0 bridgehead atoms. The van der Waals surface area contributed by atoms with Crippen LogP contribution in [0.3, 0.4) is 0 Å². The summed E-state index contributed by atoms with van der Waals surface area (Å²) in [7, 11) is -4.33. The molecular formula is C12H18F2N2O3S. The van der Waals surface area contributed by atoms with Gasteiger partial charge in [-0.15, -0.1) is 0 Å². The maximum atomic E-state index is 13.6. The number of hydrogen-bond acceptors (Lipinski definition) is 4. The van der Waals surface area contributed by atoms with Crippen molar-refractivity contribution in [3.63, 3.8) is 0 Å². The number of benzene rings is 1. The zero-order valence-corrected chi connectivity index (χ0v) is 12.1. The molecule has 0 heterocycles. The van der Waals surface area contributed by atoms with E-state index in [1.807, 2.05) is 0 Å². The van der Waals surface area contributed by atoms with Crippen molar-refractivity contribution in [1.29, 1.82) is 0 Å². The highest BCUT2D eigenvalue weighted by Gasteiger charge is 2.27. The molecule has 20 heavy (non-hydrogen) atoms. The van der Waals surface area contributed by atoms with Crippen LogP contribution in [0.25, 0.3) is 0 Å². The van der Waals surface area contributed by atoms with Crippen LogP contribution >= 0.6 is 0 Å². The molecule has 1 rings (SSSR count). The molecule has 8 heteroatoms. The largest absolute Gasteiger partial charge is 0.399 e. The van der Waals surface area contributed by atoms with E-state index in [0.29, 0.717) is 6.42 Å². The molecule has 4 N–H and O–H groups in total. The van der Waals surface area contributed by atoms with E-state index in [9.17, 15) is 17.2 Å². The molecule has 0 amide bonds. The van der Waals surface area contributed by atoms with E-state index in [0.717, 1.165) is 12.1 Å². The quantitative estimate of drug-likeness (QED) is 0.689. The molecule has 1 aromatic carbocycles. The van der Waals surface area contributed by atoms with E-state index in [2.05, 4.69) is 4.72 Å². The van der Waals surface area contributed by atoms with Crippen molar-refractivity contribution in [2.24, 2.45) is 5.41 Å². The minimum Gasteiger partial charge on any atom is -0.399 e. The van der Waals surface area contributed by atoms with E-state index < -0.39 is 32.0 Å². The molecule has 0 fully saturated rings. The summed E-state index contributed by atoms with van der Waals surface area (Å²) < 4.78 is 53.2. The Morgan fingerprint density at radius 2 is 1.80 bits per heavy atom. The van der Waals surface area contributed by atoms with E-state index in [1.54, 1.807) is 13.8 Å². The second kappa shape index (κ2) is 6.02. The van der Waals surface area contributed by atoms with Gasteiger partial charge in [0, 0.05) is 18.8 Å². The number of rotatable bonds is 6. The number of sulfonamides is 1. The average molecular weight is 308 g/mol. The number of hydrogen-bond donors (Lipinski definition) is 3. The van der Waals surface area contributed by atoms with Crippen LogP contribution in [0.5, 0.6) is 0 Å². The van der Waals surface area contributed by atoms with Crippen LogP contribution in [0.15, 0.2) is 17.0 Å². The standard InChI is InChI=1S/C12H18F2N2O3S/c1-12(2,3-4-17)7-16-20(18,19)11-9(13)5-8(15)6-10(11)14/h5-6,16-17H,3-4,7,15H2,1-2H3. The van der Waals surface area contributed by atoms with Crippen LogP contribution in [0.1, 0.15) is 20.3 Å². The lowest BCUT2D eigenvalue weighted by atomic mass is 9.90. The van der Waals surface area contributed by atoms with Gasteiger partial charge in [-0.2, -0.15) is 0 Å². The van der Waals surface area contributed by atoms with E-state index >= 15 is 0 Å². The number of nitrogens with two attached hydrogens (primary N) is 1. The Morgan fingerprint density at radius 1 is 1.30 bits per heavy atom. The summed E-state index contributed by atoms with van der Waals surface area (Å²) in [6.07, 6.45) is 0.349. The Hall–Kier alpha value is -1.25. The van der Waals surface area contributed by atoms with Crippen LogP contribution in [0.2, 0.25) is 0 Å². The first-order valence-electron chi connectivity index (χ1n) is 5.94. The lowest BCUT2D eigenvalue weighted by molar-refractivity contribution is 0.213. The summed E-state index contributed by atoms with van der Waals surface area (Å²) in [6.45, 7) is 3.28. The van der Waals surface area contributed by atoms with Crippen molar-refractivity contribution in [2.75, 3.05) is 18.9 Å². The molecule has 0 saturated carbocycles. The third-order valence-corrected chi connectivity index (χ3v) is 4.27. The molecule has 0 radical (unpaired) electrons. The van der Waals surface area contributed by atoms with Gasteiger partial charge in [0.2, 0.25) is 10.0 Å². The summed E-state index contributed by atoms with van der Waals surface area (Å²) in [6, 6.07) is 1.49. The topological polar surface area (TPSA) is 92.4 Å². The molecule has 0 aliphatic heterocycles. The molecular weight excluding hydrogens is 290 g/mol. The summed E-state index contributed by atoms with van der Waals surface area (Å²) in [5.74, 6) is -2.48. The highest BCUT2D eigenvalue weighted by atomic mass is 32.2. The average Bonchev–Trinajstić information content (AvgIpc) is 2.24. The van der Waals surface area contributed by atoms with Gasteiger partial charge >= 0.3 is 0 Å². The summed E-state index contributed by atoms with van der Waals surface area (Å²) >= 11 is 0. The Morgan fingerprint density at radius 3 is 2.25 bits per heavy atom. The first-order chi connectivity index (χ1) is 9.09. The van der Waals surface area contributed by atoms with Gasteiger partial charge in [-0.1, -0.05) is 13.8 Å². The number of halogens is 2. The van der Waals surface area contributed by atoms with Crippen molar-refractivity contribution in [3.05, 3.63) is 23.8 Å². The Balaban J connectivity index is 3.01. The Bertz CT molecular complexity index is 565. The molecule has 0 aliphatic carbocycles. The fraction of sp³-hybridized carbons (Fsp3) is 0.500. The van der Waals surface area contributed by atoms with E-state index in [1.165, 1.54) is 0 Å². The lowest BCUT2D eigenvalue weighted by Crippen LogP contribution is -2.35. The third kappa shape index (κ3) is 4.12. The maximum absolute atomic E-state index is 13.6. The third-order valence-electron chi connectivity index (χ3n) is 2.82. The summed E-state index contributed by atoms with van der Waals surface area (Å²) in [4.78, 5) is -1.05. The second-order valence-corrected chi connectivity index (χ2v) is 6.98. The van der Waals surface area contributed by atoms with Crippen molar-refractivity contribution in [2.45, 2.75) is 25.2 Å². The fourth-order valence-electron chi connectivity index (χ4n) is 1.59. The normalized spacial score (nSPS) is 12.7. The smallest absolute Gasteiger partial charge is 0.246 e. The minimum atomic E-state index is -4.33. The molecule has 0 aliphatic rings. The van der Waals surface area contributed by atoms with Crippen LogP contribution < -0.4 is 10.5 Å². The molecule has 1 aromatic rings.